The van der Waals surface area contributed by atoms with E-state index in [2.05, 4.69) is 47.3 Å². The van der Waals surface area contributed by atoms with Crippen LogP contribution in [0.1, 0.15) is 221 Å². The molecule has 5 rings (SSSR count). The summed E-state index contributed by atoms with van der Waals surface area (Å²) < 4.78 is 58.2. The molecule has 5 aliphatic heterocycles. The number of carbonyl (C=O) groups is 7. The Balaban J connectivity index is 1.36. The van der Waals surface area contributed by atoms with Crippen LogP contribution in [0.15, 0.2) is 24.3 Å². The second-order valence-corrected chi connectivity index (χ2v) is 32.5. The Morgan fingerprint density at radius 1 is 0.443 bits per heavy atom. The largest absolute Gasteiger partial charge is 0.477 e. The van der Waals surface area contributed by atoms with E-state index in [0.717, 1.165) is 91.4 Å². The maximum atomic E-state index is 13.8. The van der Waals surface area contributed by atoms with Crippen molar-refractivity contribution in [1.29, 1.82) is 0 Å². The van der Waals surface area contributed by atoms with E-state index in [0.29, 0.717) is 12.8 Å². The van der Waals surface area contributed by atoms with E-state index < -0.39 is 283 Å². The number of unbranched alkanes of at least 4 members (excludes halogenated alkanes) is 22. The van der Waals surface area contributed by atoms with E-state index in [1.807, 2.05) is 0 Å². The van der Waals surface area contributed by atoms with E-state index in [9.17, 15) is 136 Å². The number of carbonyl (C=O) groups excluding carboxylic acids is 4. The average Bonchev–Trinajstić information content (AvgIpc) is 0.750. The third kappa shape index (κ3) is 31.6. The SMILES string of the molecule is CCCCCCCCC=CCCCCCCCC(=O)N[C@@H](CO[C@@H]1O[C@H](CO)[C@@H](O[C@@H]2O[C@H](CO)[C@H](O)[C@H](O[C@]3(C(=O)O)C[C@H](O)[C@@H](NC(C)=O)C([C@H](O)[C@@H](CO)O[C@]4(C(=O)O)C[C@H](O)[C@@H](NC(C)=O)C([C@H](O)[C@@H](CO)O[C@]5(C(=O)O)C[C@H](O)[C@@H](NC(C)=O)C([C@H](O)[C@H](O)CO)O5)O4)O3)[C@H]2O)[C@H](O)[C@H]1O)[C@H](O)C=CCCCCCCCCCCCCC. The van der Waals surface area contributed by atoms with E-state index in [1.165, 1.54) is 83.1 Å². The molecule has 5 aliphatic rings. The maximum Gasteiger partial charge on any atom is 0.364 e. The minimum atomic E-state index is -3.58. The van der Waals surface area contributed by atoms with Crippen LogP contribution in [0.2, 0.25) is 0 Å². The lowest BCUT2D eigenvalue weighted by atomic mass is 9.86. The molecule has 3 unspecified atom stereocenters. The first-order valence-corrected chi connectivity index (χ1v) is 43.0. The Labute approximate surface area is 710 Å². The third-order valence-corrected chi connectivity index (χ3v) is 22.6. The Morgan fingerprint density at radius 3 is 1.23 bits per heavy atom. The quantitative estimate of drug-likeness (QED) is 0.0217. The highest BCUT2D eigenvalue weighted by Gasteiger charge is 2.64. The molecule has 0 spiro atoms. The fourth-order valence-corrected chi connectivity index (χ4v) is 15.8. The fraction of sp³-hybridized carbons (Fsp3) is 0.864. The number of allylic oxidation sites excluding steroid dienone is 3. The van der Waals surface area contributed by atoms with Crippen molar-refractivity contribution < 1.29 is 183 Å². The molecule has 122 heavy (non-hydrogen) atoms. The van der Waals surface area contributed by atoms with E-state index in [4.69, 9.17) is 47.4 Å². The molecule has 0 radical (unpaired) electrons. The van der Waals surface area contributed by atoms with E-state index >= 15 is 0 Å². The van der Waals surface area contributed by atoms with Crippen LogP contribution in [-0.2, 0) is 80.9 Å². The van der Waals surface area contributed by atoms with Crippen molar-refractivity contribution in [1.82, 2.24) is 21.3 Å². The normalized spacial score (nSPS) is 32.8. The topological polar surface area (TPSA) is 665 Å². The number of hydrogen-bond acceptors (Lipinski definition) is 34. The van der Waals surface area contributed by atoms with Crippen molar-refractivity contribution in [2.45, 2.75) is 403 Å². The van der Waals surface area contributed by atoms with Gasteiger partial charge in [0.2, 0.25) is 23.6 Å². The highest BCUT2D eigenvalue weighted by atomic mass is 16.8. The number of hydrogen-bond donors (Lipinski definition) is 24. The summed E-state index contributed by atoms with van der Waals surface area (Å²) in [6.07, 6.45) is -21.4. The molecule has 0 bridgehead atoms. The maximum absolute atomic E-state index is 13.8. The van der Waals surface area contributed by atoms with Crippen LogP contribution in [-0.4, -0.2) is 366 Å². The molecule has 5 heterocycles. The summed E-state index contributed by atoms with van der Waals surface area (Å²) >= 11 is 0. The lowest BCUT2D eigenvalue weighted by molar-refractivity contribution is -0.388. The molecule has 30 atom stereocenters. The van der Waals surface area contributed by atoms with Crippen molar-refractivity contribution in [2.75, 3.05) is 39.6 Å². The molecule has 5 fully saturated rings. The minimum Gasteiger partial charge on any atom is -0.477 e. The Morgan fingerprint density at radius 2 is 0.828 bits per heavy atom. The monoisotopic (exact) mass is 1760 g/mol. The van der Waals surface area contributed by atoms with E-state index in [1.54, 1.807) is 6.08 Å². The lowest BCUT2D eigenvalue weighted by Crippen LogP contribution is -2.72. The van der Waals surface area contributed by atoms with Crippen LogP contribution >= 0.6 is 0 Å². The second-order valence-electron chi connectivity index (χ2n) is 32.5. The van der Waals surface area contributed by atoms with Gasteiger partial charge in [-0.1, -0.05) is 154 Å². The van der Waals surface area contributed by atoms with Crippen molar-refractivity contribution in [3.8, 4) is 0 Å². The summed E-state index contributed by atoms with van der Waals surface area (Å²) in [4.78, 5) is 92.1. The number of amides is 4. The number of ether oxygens (including phenoxy) is 10. The Hall–Kier alpha value is -5.31. The number of rotatable bonds is 58. The molecule has 0 aliphatic carbocycles. The van der Waals surface area contributed by atoms with Gasteiger partial charge in [0.1, 0.15) is 104 Å². The van der Waals surface area contributed by atoms with Gasteiger partial charge >= 0.3 is 17.9 Å². The van der Waals surface area contributed by atoms with Crippen molar-refractivity contribution in [2.24, 2.45) is 0 Å². The third-order valence-electron chi connectivity index (χ3n) is 22.6. The summed E-state index contributed by atoms with van der Waals surface area (Å²) in [5, 5.41) is 235. The van der Waals surface area contributed by atoms with Crippen LogP contribution in [0.25, 0.3) is 0 Å². The van der Waals surface area contributed by atoms with Crippen molar-refractivity contribution in [3.05, 3.63) is 24.3 Å². The molecular formula is C81H140N4O37. The van der Waals surface area contributed by atoms with Crippen LogP contribution in [0.5, 0.6) is 0 Å². The van der Waals surface area contributed by atoms with Gasteiger partial charge in [0, 0.05) is 46.5 Å². The molecule has 0 saturated carbocycles. The smallest absolute Gasteiger partial charge is 0.364 e. The molecule has 41 heteroatoms. The van der Waals surface area contributed by atoms with Crippen LogP contribution in [0.4, 0.5) is 0 Å². The van der Waals surface area contributed by atoms with Crippen LogP contribution < -0.4 is 21.3 Å². The van der Waals surface area contributed by atoms with Gasteiger partial charge in [0.25, 0.3) is 17.4 Å². The second kappa shape index (κ2) is 54.1. The molecule has 4 amide bonds. The highest BCUT2D eigenvalue weighted by molar-refractivity contribution is 5.79. The molecule has 24 N–H and O–H groups in total. The summed E-state index contributed by atoms with van der Waals surface area (Å²) in [7, 11) is 0. The summed E-state index contributed by atoms with van der Waals surface area (Å²) in [6, 6.07) is -7.04. The summed E-state index contributed by atoms with van der Waals surface area (Å²) in [5.74, 6) is -20.6. The number of carboxylic acid groups (broad SMARTS) is 3. The van der Waals surface area contributed by atoms with Gasteiger partial charge < -0.3 is 171 Å². The average molecular weight is 1760 g/mol. The number of aliphatic hydroxyl groups is 17. The predicted octanol–water partition coefficient (Wildman–Crippen LogP) is -2.71. The Kier molecular flexibility index (Phi) is 47.6. The summed E-state index contributed by atoms with van der Waals surface area (Å²) in [6.45, 7) is -0.114. The van der Waals surface area contributed by atoms with Gasteiger partial charge in [0.15, 0.2) is 12.6 Å². The van der Waals surface area contributed by atoms with Gasteiger partial charge in [-0.25, -0.2) is 14.4 Å². The van der Waals surface area contributed by atoms with Gasteiger partial charge in [0.05, 0.1) is 88.2 Å². The number of carboxylic acids is 3. The number of aliphatic hydroxyl groups excluding tert-OH is 17. The van der Waals surface area contributed by atoms with Crippen molar-refractivity contribution >= 4 is 41.5 Å². The zero-order chi connectivity index (χ0) is 90.6. The molecule has 41 nitrogen and oxygen atoms in total. The standard InChI is InChI=1S/C81H140N4O37/c1-6-8-10-12-14-16-18-20-21-23-25-27-29-31-33-35-58(99)85-48(49(94)34-32-30-28-26-24-22-19-17-15-13-11-9-7-2)44-113-74-67(105)66(104)69(57(43-90)115-74)116-75-68(106)73(63(101)54(40-87)114-75)122-81(78(111)112)38-52(97)61(84-47(5)93)72(121-81)65(103)56(42-89)118-80(77(109)110)37-51(96)60(83-46(4)92)71(120-80)64(102)55(41-88)117-79(76(107)108)36-50(95)59(82-45(3)91)70(119-79)62(100)53(98)39-86/h20-21,32,34,48-57,59-75,86-90,94-98,100-106H,6-19,22-31,33,35-44H2,1-5H3,(H,82,91)(H,83,92)(H,84,93)(H,85,99)(H,107,108)(H,109,110)(H,111,112)/t48-,49+,50-,51-,52-,53+,54+,55+,56+,57+,59+,60+,61+,62+,63-,64+,65+,66+,67+,68+,69+,70?,71?,72?,73-,74+,75-,79+,80+,81-/m0/s1. The highest BCUT2D eigenvalue weighted by Crippen LogP contribution is 2.43. The first-order valence-electron chi connectivity index (χ1n) is 43.0. The number of nitrogens with one attached hydrogen (secondary N) is 4. The van der Waals surface area contributed by atoms with Gasteiger partial charge in [-0.15, -0.1) is 0 Å². The zero-order valence-electron chi connectivity index (χ0n) is 70.5. The lowest BCUT2D eigenvalue weighted by Gasteiger charge is -2.51. The van der Waals surface area contributed by atoms with E-state index in [-0.39, 0.29) is 6.42 Å². The molecule has 0 aromatic carbocycles. The van der Waals surface area contributed by atoms with Gasteiger partial charge in [-0.2, -0.15) is 0 Å². The first-order chi connectivity index (χ1) is 58.0. The van der Waals surface area contributed by atoms with Crippen molar-refractivity contribution in [3.63, 3.8) is 0 Å². The zero-order valence-corrected chi connectivity index (χ0v) is 70.5. The van der Waals surface area contributed by atoms with Gasteiger partial charge in [-0.3, -0.25) is 19.2 Å². The molecular weight excluding hydrogens is 1620 g/mol. The summed E-state index contributed by atoms with van der Waals surface area (Å²) in [5.41, 5.74) is 0. The molecule has 706 valence electrons. The fourth-order valence-electron chi connectivity index (χ4n) is 15.8. The molecule has 5 saturated heterocycles. The van der Waals surface area contributed by atoms with Crippen LogP contribution in [0, 0.1) is 0 Å². The minimum absolute atomic E-state index is 0.109. The van der Waals surface area contributed by atoms with Gasteiger partial charge in [-0.05, 0) is 44.9 Å². The molecule has 0 aromatic heterocycles. The predicted molar refractivity (Wildman–Crippen MR) is 424 cm³/mol. The first kappa shape index (κ1) is 107. The Bertz CT molecular complexity index is 3150. The molecule has 0 aromatic rings. The van der Waals surface area contributed by atoms with Crippen LogP contribution in [0.3, 0.4) is 0 Å². The number of aliphatic carboxylic acids is 3.